The van der Waals surface area contributed by atoms with Gasteiger partial charge >= 0.3 is 0 Å². The molecule has 0 spiro atoms. The van der Waals surface area contributed by atoms with Crippen molar-refractivity contribution in [1.29, 1.82) is 0 Å². The average molecular weight is 379 g/mol. The molecule has 2 aromatic heterocycles. The monoisotopic (exact) mass is 379 g/mol. The van der Waals surface area contributed by atoms with Crippen LogP contribution in [0, 0.1) is 0 Å². The fourth-order valence-corrected chi connectivity index (χ4v) is 3.38. The molecule has 1 fully saturated rings. The van der Waals surface area contributed by atoms with Gasteiger partial charge in [-0.25, -0.2) is 0 Å². The fraction of sp³-hybridized carbons (Fsp3) is 0.300. The highest BCUT2D eigenvalue weighted by atomic mass is 16.5. The molecule has 2 unspecified atom stereocenters. The second kappa shape index (κ2) is 7.77. The third-order valence-corrected chi connectivity index (χ3v) is 4.86. The molecule has 1 amide bonds. The maximum absolute atomic E-state index is 12.3. The Balaban J connectivity index is 1.43. The van der Waals surface area contributed by atoms with E-state index in [4.69, 9.17) is 9.26 Å². The number of carbonyl (C=O) groups excluding carboxylic acids is 1. The Kier molecular flexibility index (Phi) is 5.03. The van der Waals surface area contributed by atoms with Gasteiger partial charge in [-0.2, -0.15) is 4.98 Å². The quantitative estimate of drug-likeness (QED) is 0.727. The lowest BCUT2D eigenvalue weighted by Gasteiger charge is -2.14. The number of carbonyl (C=O) groups is 1. The van der Waals surface area contributed by atoms with Gasteiger partial charge in [0, 0.05) is 24.3 Å². The van der Waals surface area contributed by atoms with Gasteiger partial charge in [0.1, 0.15) is 11.4 Å². The topological polar surface area (TPSA) is 93.4 Å². The largest absolute Gasteiger partial charge is 0.497 e. The molecule has 0 aliphatic carbocycles. The zero-order chi connectivity index (χ0) is 19.5. The van der Waals surface area contributed by atoms with Crippen molar-refractivity contribution in [2.24, 2.45) is 0 Å². The van der Waals surface area contributed by atoms with Crippen molar-refractivity contribution >= 4 is 5.91 Å². The van der Waals surface area contributed by atoms with Gasteiger partial charge in [-0.05, 0) is 49.9 Å². The number of likely N-dealkylation sites (tertiary alicyclic amines) is 1. The summed E-state index contributed by atoms with van der Waals surface area (Å²) in [7, 11) is 3.61. The van der Waals surface area contributed by atoms with Gasteiger partial charge < -0.3 is 14.6 Å². The minimum absolute atomic E-state index is 0.0131. The van der Waals surface area contributed by atoms with E-state index >= 15 is 0 Å². The second-order valence-corrected chi connectivity index (χ2v) is 6.76. The number of rotatable bonds is 5. The number of benzene rings is 1. The molecule has 8 heteroatoms. The van der Waals surface area contributed by atoms with E-state index in [0.717, 1.165) is 11.3 Å². The molecule has 0 saturated carbocycles. The summed E-state index contributed by atoms with van der Waals surface area (Å²) in [5, 5.41) is 7.13. The number of hydrogen-bond acceptors (Lipinski definition) is 7. The van der Waals surface area contributed by atoms with E-state index in [2.05, 4.69) is 25.3 Å². The number of nitrogens with one attached hydrogen (secondary N) is 1. The third-order valence-electron chi connectivity index (χ3n) is 4.86. The van der Waals surface area contributed by atoms with Crippen molar-refractivity contribution < 1.29 is 14.1 Å². The molecule has 4 rings (SSSR count). The van der Waals surface area contributed by atoms with Crippen LogP contribution in [0.4, 0.5) is 0 Å². The van der Waals surface area contributed by atoms with Gasteiger partial charge in [0.2, 0.25) is 11.7 Å². The van der Waals surface area contributed by atoms with Crippen molar-refractivity contribution in [3.63, 3.8) is 0 Å². The minimum atomic E-state index is -0.177. The van der Waals surface area contributed by atoms with Crippen LogP contribution in [0.5, 0.6) is 5.75 Å². The van der Waals surface area contributed by atoms with Gasteiger partial charge in [-0.15, -0.1) is 0 Å². The fourth-order valence-electron chi connectivity index (χ4n) is 3.38. The first-order valence-electron chi connectivity index (χ1n) is 9.04. The van der Waals surface area contributed by atoms with E-state index in [1.165, 1.54) is 0 Å². The van der Waals surface area contributed by atoms with E-state index in [1.807, 2.05) is 31.3 Å². The maximum Gasteiger partial charge on any atom is 0.270 e. The summed E-state index contributed by atoms with van der Waals surface area (Å²) >= 11 is 0. The van der Waals surface area contributed by atoms with Crippen LogP contribution in [0.2, 0.25) is 0 Å². The molecule has 144 valence electrons. The molecule has 1 saturated heterocycles. The maximum atomic E-state index is 12.3. The molecular formula is C20H21N5O3. The summed E-state index contributed by atoms with van der Waals surface area (Å²) in [5.41, 5.74) is 1.27. The van der Waals surface area contributed by atoms with Gasteiger partial charge in [0.15, 0.2) is 0 Å². The molecule has 1 aromatic carbocycles. The van der Waals surface area contributed by atoms with E-state index < -0.39 is 0 Å². The van der Waals surface area contributed by atoms with Crippen molar-refractivity contribution in [3.8, 4) is 17.1 Å². The highest BCUT2D eigenvalue weighted by molar-refractivity contribution is 5.92. The summed E-state index contributed by atoms with van der Waals surface area (Å²) < 4.78 is 10.7. The highest BCUT2D eigenvalue weighted by Gasteiger charge is 2.35. The van der Waals surface area contributed by atoms with E-state index in [9.17, 15) is 4.79 Å². The molecule has 1 N–H and O–H groups in total. The van der Waals surface area contributed by atoms with Crippen molar-refractivity contribution in [1.82, 2.24) is 25.3 Å². The normalized spacial score (nSPS) is 19.5. The Morgan fingerprint density at radius 2 is 2.07 bits per heavy atom. The molecular weight excluding hydrogens is 358 g/mol. The molecule has 2 atom stereocenters. The summed E-state index contributed by atoms with van der Waals surface area (Å²) in [6, 6.07) is 12.7. The first-order chi connectivity index (χ1) is 13.6. The van der Waals surface area contributed by atoms with E-state index in [-0.39, 0.29) is 18.0 Å². The smallest absolute Gasteiger partial charge is 0.270 e. The zero-order valence-corrected chi connectivity index (χ0v) is 15.7. The summed E-state index contributed by atoms with van der Waals surface area (Å²) in [4.78, 5) is 23.1. The van der Waals surface area contributed by atoms with Crippen LogP contribution in [-0.2, 0) is 0 Å². The van der Waals surface area contributed by atoms with Crippen molar-refractivity contribution in [2.75, 3.05) is 20.7 Å². The van der Waals surface area contributed by atoms with Crippen LogP contribution in [0.1, 0.15) is 28.8 Å². The lowest BCUT2D eigenvalue weighted by molar-refractivity contribution is 0.0933. The number of amides is 1. The first kappa shape index (κ1) is 18.1. The minimum Gasteiger partial charge on any atom is -0.497 e. The van der Waals surface area contributed by atoms with Crippen LogP contribution in [0.15, 0.2) is 53.2 Å². The summed E-state index contributed by atoms with van der Waals surface area (Å²) in [6.45, 7) is 0.698. The highest BCUT2D eigenvalue weighted by Crippen LogP contribution is 2.31. The lowest BCUT2D eigenvalue weighted by atomic mass is 10.1. The lowest BCUT2D eigenvalue weighted by Crippen LogP contribution is -2.36. The predicted octanol–water partition coefficient (Wildman–Crippen LogP) is 2.32. The Bertz CT molecular complexity index is 942. The number of pyridine rings is 1. The number of ether oxygens (including phenoxy) is 1. The van der Waals surface area contributed by atoms with Gasteiger partial charge in [-0.1, -0.05) is 11.2 Å². The van der Waals surface area contributed by atoms with Gasteiger partial charge in [-0.3, -0.25) is 14.7 Å². The number of hydrogen-bond donors (Lipinski definition) is 1. The molecule has 28 heavy (non-hydrogen) atoms. The Morgan fingerprint density at radius 1 is 1.25 bits per heavy atom. The van der Waals surface area contributed by atoms with Crippen LogP contribution >= 0.6 is 0 Å². The Morgan fingerprint density at radius 3 is 2.79 bits per heavy atom. The number of aromatic nitrogens is 3. The first-order valence-corrected chi connectivity index (χ1v) is 9.04. The number of methoxy groups -OCH3 is 1. The third kappa shape index (κ3) is 3.72. The Labute approximate surface area is 162 Å². The predicted molar refractivity (Wildman–Crippen MR) is 102 cm³/mol. The van der Waals surface area contributed by atoms with E-state index in [1.54, 1.807) is 31.5 Å². The van der Waals surface area contributed by atoms with E-state index in [0.29, 0.717) is 30.4 Å². The van der Waals surface area contributed by atoms with Gasteiger partial charge in [0.05, 0.1) is 13.2 Å². The molecule has 3 heterocycles. The summed E-state index contributed by atoms with van der Waals surface area (Å²) in [6.07, 6.45) is 2.30. The van der Waals surface area contributed by atoms with Crippen LogP contribution in [-0.4, -0.2) is 52.7 Å². The van der Waals surface area contributed by atoms with Crippen LogP contribution in [0.25, 0.3) is 11.4 Å². The van der Waals surface area contributed by atoms with Crippen LogP contribution in [0.3, 0.4) is 0 Å². The number of likely N-dealkylation sites (N-methyl/N-ethyl adjacent to an activating group) is 1. The average Bonchev–Trinajstić information content (AvgIpc) is 3.35. The molecule has 8 nitrogen and oxygen atoms in total. The molecule has 1 aliphatic heterocycles. The second-order valence-electron chi connectivity index (χ2n) is 6.76. The SMILES string of the molecule is COc1ccc(-c2noc(C3CC(NC(=O)c4ccccn4)CN3C)n2)cc1. The molecule has 1 aliphatic rings. The number of nitrogens with zero attached hydrogens (tertiary/aromatic N) is 4. The Hall–Kier alpha value is -3.26. The molecule has 3 aromatic rings. The standard InChI is InChI=1S/C20H21N5O3/c1-25-12-14(22-19(26)16-5-3-4-10-21-16)11-17(25)20-23-18(24-28-20)13-6-8-15(27-2)9-7-13/h3-10,14,17H,11-12H2,1-2H3,(H,22,26). The van der Waals surface area contributed by atoms with Crippen molar-refractivity contribution in [2.45, 2.75) is 18.5 Å². The summed E-state index contributed by atoms with van der Waals surface area (Å²) in [5.74, 6) is 1.67. The molecule has 0 radical (unpaired) electrons. The zero-order valence-electron chi connectivity index (χ0n) is 15.7. The van der Waals surface area contributed by atoms with Crippen molar-refractivity contribution in [3.05, 3.63) is 60.2 Å². The van der Waals surface area contributed by atoms with Gasteiger partial charge in [0.25, 0.3) is 5.91 Å². The molecule has 0 bridgehead atoms. The van der Waals surface area contributed by atoms with Crippen LogP contribution < -0.4 is 10.1 Å².